The van der Waals surface area contributed by atoms with Gasteiger partial charge in [-0.05, 0) is 63.8 Å². The van der Waals surface area contributed by atoms with Gasteiger partial charge in [-0.15, -0.1) is 11.3 Å². The van der Waals surface area contributed by atoms with Gasteiger partial charge in [0, 0.05) is 22.7 Å². The second-order valence-corrected chi connectivity index (χ2v) is 12.9. The monoisotopic (exact) mass is 528 g/mol. The molecule has 0 spiro atoms. The number of ether oxygens (including phenoxy) is 1. The molecule has 0 aliphatic carbocycles. The van der Waals surface area contributed by atoms with Crippen molar-refractivity contribution >= 4 is 60.7 Å². The molecule has 2 heterocycles. The van der Waals surface area contributed by atoms with Gasteiger partial charge in [-0.2, -0.15) is 4.31 Å². The molecule has 1 fully saturated rings. The zero-order chi connectivity index (χ0) is 25.4. The number of thiophene rings is 1. The summed E-state index contributed by atoms with van der Waals surface area (Å²) in [7, 11) is -4.17. The van der Waals surface area contributed by atoms with E-state index in [4.69, 9.17) is 16.3 Å². The van der Waals surface area contributed by atoms with Gasteiger partial charge >= 0.3 is 5.97 Å². The number of carbonyl (C=O) groups excluding carboxylic acids is 3. The third kappa shape index (κ3) is 5.62. The smallest absolute Gasteiger partial charge is 0.329 e. The molecule has 1 aliphatic heterocycles. The van der Waals surface area contributed by atoms with E-state index in [0.29, 0.717) is 10.4 Å². The molecule has 0 bridgehead atoms. The summed E-state index contributed by atoms with van der Waals surface area (Å²) in [6.07, 6.45) is 0.298. The first-order valence-electron chi connectivity index (χ1n) is 11.0. The normalized spacial score (nSPS) is 18.0. The van der Waals surface area contributed by atoms with Crippen molar-refractivity contribution in [1.29, 1.82) is 0 Å². The number of fused-ring (bicyclic) bond motifs is 1. The maximum Gasteiger partial charge on any atom is 0.329 e. The molecule has 186 valence electrons. The van der Waals surface area contributed by atoms with Gasteiger partial charge in [0.1, 0.15) is 27.7 Å². The van der Waals surface area contributed by atoms with Crippen molar-refractivity contribution in [3.63, 3.8) is 0 Å². The van der Waals surface area contributed by atoms with Crippen LogP contribution in [0.3, 0.4) is 0 Å². The minimum atomic E-state index is -4.17. The van der Waals surface area contributed by atoms with Crippen LogP contribution >= 0.6 is 22.9 Å². The van der Waals surface area contributed by atoms with Crippen molar-refractivity contribution in [3.05, 3.63) is 29.3 Å². The zero-order valence-electron chi connectivity index (χ0n) is 19.8. The van der Waals surface area contributed by atoms with E-state index < -0.39 is 46.1 Å². The Morgan fingerprint density at radius 2 is 1.97 bits per heavy atom. The molecule has 2 aromatic rings. The Bertz CT molecular complexity index is 1220. The first-order chi connectivity index (χ1) is 15.7. The molecule has 34 heavy (non-hydrogen) atoms. The van der Waals surface area contributed by atoms with Gasteiger partial charge in [-0.25, -0.2) is 13.2 Å². The number of halogens is 1. The molecule has 0 N–H and O–H groups in total. The van der Waals surface area contributed by atoms with E-state index in [1.54, 1.807) is 52.8 Å². The summed E-state index contributed by atoms with van der Waals surface area (Å²) in [5.41, 5.74) is -0.722. The van der Waals surface area contributed by atoms with Gasteiger partial charge in [0.25, 0.3) is 10.0 Å². The number of Topliss-reactive ketones (excluding diaryl/α,β-unsaturated/α-hetero) is 1. The minimum Gasteiger partial charge on any atom is -0.458 e. The van der Waals surface area contributed by atoms with Crippen molar-refractivity contribution in [2.75, 3.05) is 13.1 Å². The summed E-state index contributed by atoms with van der Waals surface area (Å²) in [6, 6.07) is 4.61. The van der Waals surface area contributed by atoms with E-state index in [9.17, 15) is 22.8 Å². The standard InChI is InChI=1S/C23H29ClN2O6S2/c1-6-17(27)13-26(34(30,31)20-12-15-11-16(24)7-8-19(15)33-20)18-9-10-25(21(18)28)14(2)22(29)32-23(3,4)5/h7-8,11-12,14,18H,6,9-10,13H2,1-5H3/t14-,18-/m0/s1. The van der Waals surface area contributed by atoms with Gasteiger partial charge in [-0.3, -0.25) is 9.59 Å². The summed E-state index contributed by atoms with van der Waals surface area (Å²) in [5.74, 6) is -1.39. The van der Waals surface area contributed by atoms with Crippen LogP contribution in [0, 0.1) is 0 Å². The largest absolute Gasteiger partial charge is 0.458 e. The van der Waals surface area contributed by atoms with Gasteiger partial charge in [0.15, 0.2) is 0 Å². The van der Waals surface area contributed by atoms with Crippen molar-refractivity contribution in [1.82, 2.24) is 9.21 Å². The Morgan fingerprint density at radius 3 is 2.59 bits per heavy atom. The maximum atomic E-state index is 13.7. The van der Waals surface area contributed by atoms with Crippen molar-refractivity contribution in [3.8, 4) is 0 Å². The van der Waals surface area contributed by atoms with Crippen LogP contribution in [0.25, 0.3) is 10.1 Å². The molecular weight excluding hydrogens is 500 g/mol. The highest BCUT2D eigenvalue weighted by Crippen LogP contribution is 2.34. The number of nitrogens with zero attached hydrogens (tertiary/aromatic N) is 2. The van der Waals surface area contributed by atoms with E-state index in [-0.39, 0.29) is 29.4 Å². The lowest BCUT2D eigenvalue weighted by Crippen LogP contribution is -2.50. The van der Waals surface area contributed by atoms with Crippen LogP contribution in [0.1, 0.15) is 47.5 Å². The molecule has 1 aromatic carbocycles. The Balaban J connectivity index is 1.93. The highest BCUT2D eigenvalue weighted by molar-refractivity contribution is 7.91. The van der Waals surface area contributed by atoms with Crippen LogP contribution in [-0.2, 0) is 29.1 Å². The van der Waals surface area contributed by atoms with Crippen molar-refractivity contribution in [2.45, 2.75) is 69.4 Å². The summed E-state index contributed by atoms with van der Waals surface area (Å²) in [5, 5.41) is 1.14. The van der Waals surface area contributed by atoms with Crippen LogP contribution in [-0.4, -0.2) is 66.1 Å². The fourth-order valence-corrected chi connectivity index (χ4v) is 7.02. The quantitative estimate of drug-likeness (QED) is 0.482. The second kappa shape index (κ2) is 9.93. The fourth-order valence-electron chi connectivity index (χ4n) is 3.73. The minimum absolute atomic E-state index is 0.0279. The van der Waals surface area contributed by atoms with Gasteiger partial charge in [0.05, 0.1) is 6.54 Å². The SMILES string of the molecule is CCC(=O)CN([C@H]1CCN([C@@H](C)C(=O)OC(C)(C)C)C1=O)S(=O)(=O)c1cc2cc(Cl)ccc2s1. The lowest BCUT2D eigenvalue weighted by Gasteiger charge is -2.29. The van der Waals surface area contributed by atoms with Gasteiger partial charge < -0.3 is 9.64 Å². The van der Waals surface area contributed by atoms with Crippen LogP contribution in [0.15, 0.2) is 28.5 Å². The molecule has 8 nitrogen and oxygen atoms in total. The number of rotatable bonds is 8. The Kier molecular flexibility index (Phi) is 7.76. The summed E-state index contributed by atoms with van der Waals surface area (Å²) < 4.78 is 34.4. The maximum absolute atomic E-state index is 13.7. The van der Waals surface area contributed by atoms with Crippen LogP contribution in [0.2, 0.25) is 5.02 Å². The van der Waals surface area contributed by atoms with E-state index >= 15 is 0 Å². The second-order valence-electron chi connectivity index (χ2n) is 9.24. The highest BCUT2D eigenvalue weighted by Gasteiger charge is 2.45. The number of benzene rings is 1. The predicted molar refractivity (Wildman–Crippen MR) is 131 cm³/mol. The Hall–Kier alpha value is -2.01. The van der Waals surface area contributed by atoms with E-state index in [2.05, 4.69) is 0 Å². The number of hydrogen-bond donors (Lipinski definition) is 0. The molecule has 2 atom stereocenters. The van der Waals surface area contributed by atoms with Crippen LogP contribution in [0.5, 0.6) is 0 Å². The first-order valence-corrected chi connectivity index (χ1v) is 13.6. The summed E-state index contributed by atoms with van der Waals surface area (Å²) in [6.45, 7) is 8.15. The molecule has 0 radical (unpaired) electrons. The third-order valence-electron chi connectivity index (χ3n) is 5.52. The lowest BCUT2D eigenvalue weighted by molar-refractivity contribution is -0.163. The molecule has 1 aromatic heterocycles. The molecule has 0 saturated carbocycles. The summed E-state index contributed by atoms with van der Waals surface area (Å²) in [4.78, 5) is 39.5. The molecule has 3 rings (SSSR count). The lowest BCUT2D eigenvalue weighted by atomic mass is 10.2. The Morgan fingerprint density at radius 1 is 1.29 bits per heavy atom. The molecule has 1 amide bonds. The average molecular weight is 529 g/mol. The number of ketones is 1. The van der Waals surface area contributed by atoms with E-state index in [1.807, 2.05) is 0 Å². The molecule has 1 saturated heterocycles. The number of amides is 1. The third-order valence-corrected chi connectivity index (χ3v) is 9.17. The molecule has 0 unspecified atom stereocenters. The summed E-state index contributed by atoms with van der Waals surface area (Å²) >= 11 is 7.09. The van der Waals surface area contributed by atoms with E-state index in [0.717, 1.165) is 20.3 Å². The Labute approximate surface area is 208 Å². The number of carbonyl (C=O) groups is 3. The van der Waals surface area contributed by atoms with Crippen LogP contribution in [0.4, 0.5) is 0 Å². The molecule has 1 aliphatic rings. The van der Waals surface area contributed by atoms with Crippen molar-refractivity contribution in [2.24, 2.45) is 0 Å². The van der Waals surface area contributed by atoms with Gasteiger partial charge in [0.2, 0.25) is 5.91 Å². The van der Waals surface area contributed by atoms with Crippen LogP contribution < -0.4 is 0 Å². The zero-order valence-corrected chi connectivity index (χ0v) is 22.2. The number of likely N-dealkylation sites (tertiary alicyclic amines) is 1. The highest BCUT2D eigenvalue weighted by atomic mass is 35.5. The van der Waals surface area contributed by atoms with Crippen molar-refractivity contribution < 1.29 is 27.5 Å². The topological polar surface area (TPSA) is 101 Å². The number of esters is 1. The number of sulfonamides is 1. The number of hydrogen-bond acceptors (Lipinski definition) is 7. The van der Waals surface area contributed by atoms with Gasteiger partial charge in [-0.1, -0.05) is 18.5 Å². The molecular formula is C23H29ClN2O6S2. The average Bonchev–Trinajstić information content (AvgIpc) is 3.33. The molecule has 11 heteroatoms. The van der Waals surface area contributed by atoms with E-state index in [1.165, 1.54) is 11.0 Å². The predicted octanol–water partition coefficient (Wildman–Crippen LogP) is 3.86. The fraction of sp³-hybridized carbons (Fsp3) is 0.522. The first kappa shape index (κ1) is 26.6.